The highest BCUT2D eigenvalue weighted by atomic mass is 14.8. The highest BCUT2D eigenvalue weighted by molar-refractivity contribution is 5.32. The van der Waals surface area contributed by atoms with Crippen molar-refractivity contribution in [2.45, 2.75) is 40.2 Å². The lowest BCUT2D eigenvalue weighted by atomic mass is 10.00. The third-order valence-electron chi connectivity index (χ3n) is 2.61. The first kappa shape index (κ1) is 11.3. The van der Waals surface area contributed by atoms with E-state index in [2.05, 4.69) is 44.3 Å². The monoisotopic (exact) mass is 191 g/mol. The maximum absolute atomic E-state index is 3.35. The summed E-state index contributed by atoms with van der Waals surface area (Å²) in [6.45, 7) is 8.62. The molecule has 0 fully saturated rings. The summed E-state index contributed by atoms with van der Waals surface area (Å²) in [5.74, 6) is 0. The highest BCUT2D eigenvalue weighted by Crippen LogP contribution is 2.13. The zero-order valence-corrected chi connectivity index (χ0v) is 9.56. The minimum absolute atomic E-state index is 0.994. The Morgan fingerprint density at radius 1 is 1.00 bits per heavy atom. The molecule has 1 N–H and O–H groups in total. The van der Waals surface area contributed by atoms with Gasteiger partial charge in [-0.25, -0.2) is 0 Å². The second-order valence-electron chi connectivity index (χ2n) is 3.59. The van der Waals surface area contributed by atoms with Gasteiger partial charge in [-0.3, -0.25) is 0 Å². The molecule has 0 radical (unpaired) electrons. The highest BCUT2D eigenvalue weighted by Gasteiger charge is 2.00. The fraction of sp³-hybridized carbons (Fsp3) is 0.538. The van der Waals surface area contributed by atoms with E-state index in [-0.39, 0.29) is 0 Å². The van der Waals surface area contributed by atoms with E-state index < -0.39 is 0 Å². The smallest absolute Gasteiger partial charge is 0.0205 e. The fourth-order valence-corrected chi connectivity index (χ4v) is 1.73. The first-order valence-corrected chi connectivity index (χ1v) is 5.63. The number of nitrogens with one attached hydrogen (secondary N) is 1. The zero-order chi connectivity index (χ0) is 10.4. The third-order valence-corrected chi connectivity index (χ3v) is 2.61. The second-order valence-corrected chi connectivity index (χ2v) is 3.59. The van der Waals surface area contributed by atoms with Crippen LogP contribution < -0.4 is 5.32 Å². The van der Waals surface area contributed by atoms with Crippen LogP contribution >= 0.6 is 0 Å². The molecule has 0 bridgehead atoms. The Morgan fingerprint density at radius 3 is 2.29 bits per heavy atom. The predicted molar refractivity (Wildman–Crippen MR) is 62.6 cm³/mol. The summed E-state index contributed by atoms with van der Waals surface area (Å²) in [5, 5.41) is 3.35. The van der Waals surface area contributed by atoms with Gasteiger partial charge in [-0.05, 0) is 36.1 Å². The number of benzene rings is 1. The Hall–Kier alpha value is -0.820. The number of rotatable bonds is 5. The molecule has 1 heteroatoms. The lowest BCUT2D eigenvalue weighted by Gasteiger charge is -2.09. The van der Waals surface area contributed by atoms with Gasteiger partial charge >= 0.3 is 0 Å². The average molecular weight is 191 g/mol. The molecule has 0 saturated carbocycles. The van der Waals surface area contributed by atoms with E-state index in [1.54, 1.807) is 0 Å². The molecule has 1 aromatic carbocycles. The summed E-state index contributed by atoms with van der Waals surface area (Å²) in [4.78, 5) is 0. The first-order chi connectivity index (χ1) is 6.81. The van der Waals surface area contributed by atoms with Crippen LogP contribution in [0.2, 0.25) is 0 Å². The molecule has 14 heavy (non-hydrogen) atoms. The average Bonchev–Trinajstić information content (AvgIpc) is 2.25. The number of hydrogen-bond acceptors (Lipinski definition) is 1. The molecule has 0 unspecified atom stereocenters. The Balaban J connectivity index is 2.79. The van der Waals surface area contributed by atoms with Crippen molar-refractivity contribution in [1.29, 1.82) is 0 Å². The summed E-state index contributed by atoms with van der Waals surface area (Å²) >= 11 is 0. The van der Waals surface area contributed by atoms with Gasteiger partial charge in [-0.2, -0.15) is 0 Å². The second kappa shape index (κ2) is 5.82. The summed E-state index contributed by atoms with van der Waals surface area (Å²) in [6.07, 6.45) is 2.29. The molecule has 0 atom stereocenters. The van der Waals surface area contributed by atoms with Crippen LogP contribution in [0.1, 0.15) is 37.5 Å². The lowest BCUT2D eigenvalue weighted by molar-refractivity contribution is 0.725. The fourth-order valence-electron chi connectivity index (χ4n) is 1.73. The third kappa shape index (κ3) is 2.85. The van der Waals surface area contributed by atoms with E-state index in [0.717, 1.165) is 25.9 Å². The zero-order valence-electron chi connectivity index (χ0n) is 9.56. The van der Waals surface area contributed by atoms with Crippen LogP contribution in [0.15, 0.2) is 18.2 Å². The van der Waals surface area contributed by atoms with Crippen molar-refractivity contribution < 1.29 is 0 Å². The molecule has 0 aliphatic rings. The van der Waals surface area contributed by atoms with Gasteiger partial charge in [0.05, 0.1) is 0 Å². The molecule has 1 aromatic rings. The SMILES string of the molecule is CCNCc1ccc(CC)c(CC)c1. The molecule has 0 amide bonds. The van der Waals surface area contributed by atoms with Crippen LogP contribution in [0.5, 0.6) is 0 Å². The molecular weight excluding hydrogens is 170 g/mol. The van der Waals surface area contributed by atoms with Crippen LogP contribution in [-0.4, -0.2) is 6.54 Å². The standard InChI is InChI=1S/C13H21N/c1-4-12-8-7-11(10-14-6-3)9-13(12)5-2/h7-9,14H,4-6,10H2,1-3H3. The molecule has 0 heterocycles. The Kier molecular flexibility index (Phi) is 4.68. The van der Waals surface area contributed by atoms with Crippen molar-refractivity contribution in [2.75, 3.05) is 6.54 Å². The quantitative estimate of drug-likeness (QED) is 0.754. The summed E-state index contributed by atoms with van der Waals surface area (Å²) in [6, 6.07) is 6.84. The van der Waals surface area contributed by atoms with Gasteiger partial charge < -0.3 is 5.32 Å². The molecule has 78 valence electrons. The molecule has 0 saturated heterocycles. The maximum Gasteiger partial charge on any atom is 0.0205 e. The first-order valence-electron chi connectivity index (χ1n) is 5.63. The minimum Gasteiger partial charge on any atom is -0.313 e. The summed E-state index contributed by atoms with van der Waals surface area (Å²) in [7, 11) is 0. The topological polar surface area (TPSA) is 12.0 Å². The van der Waals surface area contributed by atoms with Crippen LogP contribution in [0, 0.1) is 0 Å². The number of hydrogen-bond donors (Lipinski definition) is 1. The predicted octanol–water partition coefficient (Wildman–Crippen LogP) is 2.92. The maximum atomic E-state index is 3.35. The van der Waals surface area contributed by atoms with Gasteiger partial charge in [-0.15, -0.1) is 0 Å². The minimum atomic E-state index is 0.994. The van der Waals surface area contributed by atoms with E-state index in [0.29, 0.717) is 0 Å². The van der Waals surface area contributed by atoms with Crippen molar-refractivity contribution in [3.8, 4) is 0 Å². The van der Waals surface area contributed by atoms with Crippen LogP contribution in [-0.2, 0) is 19.4 Å². The van der Waals surface area contributed by atoms with E-state index >= 15 is 0 Å². The molecular formula is C13H21N. The largest absolute Gasteiger partial charge is 0.313 e. The summed E-state index contributed by atoms with van der Waals surface area (Å²) < 4.78 is 0. The van der Waals surface area contributed by atoms with Crippen LogP contribution in [0.25, 0.3) is 0 Å². The van der Waals surface area contributed by atoms with Crippen molar-refractivity contribution >= 4 is 0 Å². The van der Waals surface area contributed by atoms with Gasteiger partial charge in [0.15, 0.2) is 0 Å². The summed E-state index contributed by atoms with van der Waals surface area (Å²) in [5.41, 5.74) is 4.40. The van der Waals surface area contributed by atoms with Gasteiger partial charge in [0.1, 0.15) is 0 Å². The molecule has 1 rings (SSSR count). The van der Waals surface area contributed by atoms with E-state index in [1.165, 1.54) is 16.7 Å². The Morgan fingerprint density at radius 2 is 1.71 bits per heavy atom. The van der Waals surface area contributed by atoms with Crippen molar-refractivity contribution in [1.82, 2.24) is 5.32 Å². The van der Waals surface area contributed by atoms with Crippen molar-refractivity contribution in [3.05, 3.63) is 34.9 Å². The lowest BCUT2D eigenvalue weighted by Crippen LogP contribution is -2.12. The Labute approximate surface area is 87.5 Å². The van der Waals surface area contributed by atoms with Gasteiger partial charge in [0.25, 0.3) is 0 Å². The normalized spacial score (nSPS) is 10.5. The van der Waals surface area contributed by atoms with Gasteiger partial charge in [0, 0.05) is 6.54 Å². The van der Waals surface area contributed by atoms with Gasteiger partial charge in [0.2, 0.25) is 0 Å². The van der Waals surface area contributed by atoms with E-state index in [9.17, 15) is 0 Å². The molecule has 0 aromatic heterocycles. The molecule has 1 nitrogen and oxygen atoms in total. The van der Waals surface area contributed by atoms with Crippen molar-refractivity contribution in [2.24, 2.45) is 0 Å². The van der Waals surface area contributed by atoms with Gasteiger partial charge in [-0.1, -0.05) is 39.0 Å². The molecule has 0 aliphatic carbocycles. The molecule has 0 spiro atoms. The van der Waals surface area contributed by atoms with E-state index in [1.807, 2.05) is 0 Å². The number of aryl methyl sites for hydroxylation is 2. The van der Waals surface area contributed by atoms with E-state index in [4.69, 9.17) is 0 Å². The van der Waals surface area contributed by atoms with Crippen molar-refractivity contribution in [3.63, 3.8) is 0 Å². The van der Waals surface area contributed by atoms with Crippen LogP contribution in [0.4, 0.5) is 0 Å². The Bertz CT molecular complexity index is 279. The molecule has 0 aliphatic heterocycles. The van der Waals surface area contributed by atoms with Crippen LogP contribution in [0.3, 0.4) is 0 Å².